The lowest BCUT2D eigenvalue weighted by atomic mass is 10.0. The fourth-order valence-corrected chi connectivity index (χ4v) is 2.99. The summed E-state index contributed by atoms with van der Waals surface area (Å²) >= 11 is 0. The van der Waals surface area contributed by atoms with Gasteiger partial charge in [-0.1, -0.05) is 49.4 Å². The third-order valence-electron chi connectivity index (χ3n) is 4.14. The van der Waals surface area contributed by atoms with Crippen molar-refractivity contribution in [2.75, 3.05) is 6.54 Å². The van der Waals surface area contributed by atoms with E-state index in [1.807, 2.05) is 30.0 Å². The highest BCUT2D eigenvalue weighted by atomic mass is 16.2. The molecule has 1 heterocycles. The van der Waals surface area contributed by atoms with Crippen LogP contribution in [-0.2, 0) is 16.1 Å². The quantitative estimate of drug-likeness (QED) is 0.942. The molecule has 1 N–H and O–H groups in total. The fraction of sp³-hybridized carbons (Fsp3) is 0.333. The second-order valence-corrected chi connectivity index (χ2v) is 5.73. The molecule has 3 rings (SSSR count). The van der Waals surface area contributed by atoms with Crippen molar-refractivity contribution in [1.29, 1.82) is 0 Å². The first-order valence-electron chi connectivity index (χ1n) is 7.71. The van der Waals surface area contributed by atoms with Gasteiger partial charge in [0.2, 0.25) is 11.8 Å². The smallest absolute Gasteiger partial charge is 0.225 e. The van der Waals surface area contributed by atoms with Gasteiger partial charge in [-0.3, -0.25) is 9.59 Å². The predicted molar refractivity (Wildman–Crippen MR) is 86.2 cm³/mol. The van der Waals surface area contributed by atoms with Crippen LogP contribution in [0.15, 0.2) is 42.5 Å². The van der Waals surface area contributed by atoms with Crippen LogP contribution in [0.5, 0.6) is 0 Å². The summed E-state index contributed by atoms with van der Waals surface area (Å²) in [6.07, 6.45) is 0.852. The molecule has 22 heavy (non-hydrogen) atoms. The number of fused-ring (bicyclic) bond motifs is 1. The Morgan fingerprint density at radius 1 is 1.23 bits per heavy atom. The van der Waals surface area contributed by atoms with Crippen molar-refractivity contribution in [3.63, 3.8) is 0 Å². The van der Waals surface area contributed by atoms with Crippen LogP contribution >= 0.6 is 0 Å². The van der Waals surface area contributed by atoms with Gasteiger partial charge in [-0.25, -0.2) is 0 Å². The number of rotatable bonds is 4. The van der Waals surface area contributed by atoms with Crippen molar-refractivity contribution in [3.8, 4) is 0 Å². The van der Waals surface area contributed by atoms with Crippen LogP contribution in [0.25, 0.3) is 10.8 Å². The Bertz CT molecular complexity index is 706. The maximum atomic E-state index is 12.2. The average Bonchev–Trinajstić information content (AvgIpc) is 2.87. The van der Waals surface area contributed by atoms with E-state index in [0.29, 0.717) is 25.9 Å². The standard InChI is InChI=1S/C18H20N2O2/c1-2-17(21)19-15-10-18(22)20(12-15)11-14-8-5-7-13-6-3-4-9-16(13)14/h3-9,15H,2,10-12H2,1H3,(H,19,21). The van der Waals surface area contributed by atoms with Crippen molar-refractivity contribution in [1.82, 2.24) is 10.2 Å². The third-order valence-corrected chi connectivity index (χ3v) is 4.14. The molecule has 2 aromatic carbocycles. The molecule has 1 aliphatic heterocycles. The van der Waals surface area contributed by atoms with Crippen molar-refractivity contribution < 1.29 is 9.59 Å². The topological polar surface area (TPSA) is 49.4 Å². The Kier molecular flexibility index (Phi) is 4.09. The molecule has 0 saturated carbocycles. The molecule has 1 fully saturated rings. The number of hydrogen-bond donors (Lipinski definition) is 1. The lowest BCUT2D eigenvalue weighted by Gasteiger charge is -2.18. The molecule has 0 spiro atoms. The Hall–Kier alpha value is -2.36. The van der Waals surface area contributed by atoms with Crippen LogP contribution in [-0.4, -0.2) is 29.3 Å². The Morgan fingerprint density at radius 2 is 2.00 bits per heavy atom. The Balaban J connectivity index is 1.75. The minimum absolute atomic E-state index is 0.00445. The van der Waals surface area contributed by atoms with E-state index in [1.54, 1.807) is 0 Å². The molecule has 0 radical (unpaired) electrons. The summed E-state index contributed by atoms with van der Waals surface area (Å²) in [5.41, 5.74) is 1.15. The molecule has 2 aromatic rings. The van der Waals surface area contributed by atoms with Crippen LogP contribution in [0.2, 0.25) is 0 Å². The second kappa shape index (κ2) is 6.18. The van der Waals surface area contributed by atoms with E-state index in [9.17, 15) is 9.59 Å². The molecule has 4 heteroatoms. The lowest BCUT2D eigenvalue weighted by Crippen LogP contribution is -2.36. The van der Waals surface area contributed by atoms with E-state index >= 15 is 0 Å². The molecule has 2 amide bonds. The van der Waals surface area contributed by atoms with Crippen molar-refractivity contribution in [2.24, 2.45) is 0 Å². The number of nitrogens with zero attached hydrogens (tertiary/aromatic N) is 1. The number of hydrogen-bond acceptors (Lipinski definition) is 2. The summed E-state index contributed by atoms with van der Waals surface area (Å²) in [6.45, 7) is 3.01. The average molecular weight is 296 g/mol. The molecule has 1 unspecified atom stereocenters. The monoisotopic (exact) mass is 296 g/mol. The van der Waals surface area contributed by atoms with Crippen molar-refractivity contribution in [2.45, 2.75) is 32.4 Å². The molecule has 0 bridgehead atoms. The van der Waals surface area contributed by atoms with Crippen LogP contribution in [0.4, 0.5) is 0 Å². The highest BCUT2D eigenvalue weighted by molar-refractivity contribution is 5.87. The van der Waals surface area contributed by atoms with E-state index < -0.39 is 0 Å². The fourth-order valence-electron chi connectivity index (χ4n) is 2.99. The zero-order chi connectivity index (χ0) is 15.5. The molecule has 1 aliphatic rings. The van der Waals surface area contributed by atoms with Gasteiger partial charge < -0.3 is 10.2 Å². The summed E-state index contributed by atoms with van der Waals surface area (Å²) in [7, 11) is 0. The number of carbonyl (C=O) groups is 2. The van der Waals surface area contributed by atoms with Gasteiger partial charge in [-0.15, -0.1) is 0 Å². The van der Waals surface area contributed by atoms with E-state index in [2.05, 4.69) is 29.6 Å². The SMILES string of the molecule is CCC(=O)NC1CC(=O)N(Cc2cccc3ccccc23)C1. The second-order valence-electron chi connectivity index (χ2n) is 5.73. The molecular formula is C18H20N2O2. The highest BCUT2D eigenvalue weighted by Crippen LogP contribution is 2.22. The van der Waals surface area contributed by atoms with Crippen LogP contribution < -0.4 is 5.32 Å². The van der Waals surface area contributed by atoms with Gasteiger partial charge in [0.15, 0.2) is 0 Å². The maximum Gasteiger partial charge on any atom is 0.225 e. The minimum atomic E-state index is -0.0603. The normalized spacial score (nSPS) is 18.0. The lowest BCUT2D eigenvalue weighted by molar-refractivity contribution is -0.128. The van der Waals surface area contributed by atoms with E-state index in [1.165, 1.54) is 10.8 Å². The summed E-state index contributed by atoms with van der Waals surface area (Å²) < 4.78 is 0. The largest absolute Gasteiger partial charge is 0.351 e. The number of nitrogens with one attached hydrogen (secondary N) is 1. The van der Waals surface area contributed by atoms with Gasteiger partial charge in [0, 0.05) is 25.9 Å². The number of likely N-dealkylation sites (tertiary alicyclic amines) is 1. The zero-order valence-electron chi connectivity index (χ0n) is 12.7. The summed E-state index contributed by atoms with van der Waals surface area (Å²) in [5, 5.41) is 5.27. The first-order chi connectivity index (χ1) is 10.7. The van der Waals surface area contributed by atoms with Gasteiger partial charge >= 0.3 is 0 Å². The van der Waals surface area contributed by atoms with Crippen LogP contribution in [0, 0.1) is 0 Å². The van der Waals surface area contributed by atoms with E-state index in [4.69, 9.17) is 0 Å². The predicted octanol–water partition coefficient (Wildman–Crippen LogP) is 2.47. The molecule has 4 nitrogen and oxygen atoms in total. The number of amides is 2. The third kappa shape index (κ3) is 2.96. The summed E-state index contributed by atoms with van der Waals surface area (Å²) in [6, 6.07) is 14.3. The molecule has 1 saturated heterocycles. The molecule has 1 atom stereocenters. The van der Waals surface area contributed by atoms with Crippen molar-refractivity contribution >= 4 is 22.6 Å². The van der Waals surface area contributed by atoms with E-state index in [0.717, 1.165) is 5.56 Å². The number of benzene rings is 2. The van der Waals surface area contributed by atoms with Crippen LogP contribution in [0.3, 0.4) is 0 Å². The summed E-state index contributed by atoms with van der Waals surface area (Å²) in [4.78, 5) is 25.5. The van der Waals surface area contributed by atoms with Gasteiger partial charge in [-0.2, -0.15) is 0 Å². The Labute approximate surface area is 130 Å². The van der Waals surface area contributed by atoms with Gasteiger partial charge in [-0.05, 0) is 16.3 Å². The van der Waals surface area contributed by atoms with Gasteiger partial charge in [0.25, 0.3) is 0 Å². The van der Waals surface area contributed by atoms with Gasteiger partial charge in [0.05, 0.1) is 6.04 Å². The number of carbonyl (C=O) groups excluding carboxylic acids is 2. The minimum Gasteiger partial charge on any atom is -0.351 e. The first kappa shape index (κ1) is 14.6. The summed E-state index contributed by atoms with van der Waals surface area (Å²) in [5.74, 6) is 0.110. The van der Waals surface area contributed by atoms with Gasteiger partial charge in [0.1, 0.15) is 0 Å². The van der Waals surface area contributed by atoms with Crippen molar-refractivity contribution in [3.05, 3.63) is 48.0 Å². The molecule has 0 aromatic heterocycles. The Morgan fingerprint density at radius 3 is 2.82 bits per heavy atom. The highest BCUT2D eigenvalue weighted by Gasteiger charge is 2.30. The molecule has 0 aliphatic carbocycles. The molecular weight excluding hydrogens is 276 g/mol. The maximum absolute atomic E-state index is 12.2. The first-order valence-corrected chi connectivity index (χ1v) is 7.71. The zero-order valence-corrected chi connectivity index (χ0v) is 12.7. The van der Waals surface area contributed by atoms with Crippen LogP contribution in [0.1, 0.15) is 25.3 Å². The van der Waals surface area contributed by atoms with E-state index in [-0.39, 0.29) is 17.9 Å². The molecule has 114 valence electrons.